The minimum Gasteiger partial charge on any atom is -0.455 e. The second-order valence-electron chi connectivity index (χ2n) is 16.1. The quantitative estimate of drug-likeness (QED) is 0.137. The molecule has 0 spiro atoms. The van der Waals surface area contributed by atoms with Gasteiger partial charge in [-0.25, -0.2) is 0 Å². The Kier molecular flexibility index (Phi) is 10.3. The number of anilines is 3. The molecular weight excluding hydrogens is 775 g/mol. The van der Waals surface area contributed by atoms with Crippen LogP contribution in [0.5, 0.6) is 0 Å². The Labute approximate surface area is 374 Å². The van der Waals surface area contributed by atoms with E-state index in [1.54, 1.807) is 0 Å². The zero-order valence-electron chi connectivity index (χ0n) is 35.2. The lowest BCUT2D eigenvalue weighted by atomic mass is 9.95. The Bertz CT molecular complexity index is 3320. The van der Waals surface area contributed by atoms with Gasteiger partial charge >= 0.3 is 0 Å². The first-order chi connectivity index (χ1) is 31.7. The normalized spacial score (nSPS) is 11.1. The number of para-hydroxylation sites is 1. The summed E-state index contributed by atoms with van der Waals surface area (Å²) in [6.07, 6.45) is 0. The van der Waals surface area contributed by atoms with Crippen LogP contribution in [0.4, 0.5) is 17.1 Å². The molecule has 0 fully saturated rings. The molecule has 10 aromatic carbocycles. The Balaban J connectivity index is 0.888. The van der Waals surface area contributed by atoms with Crippen LogP contribution in [0, 0.1) is 0 Å². The zero-order chi connectivity index (χ0) is 42.7. The van der Waals surface area contributed by atoms with Crippen LogP contribution in [-0.2, 0) is 0 Å². The number of hydrogen-bond donors (Lipinski definition) is 0. The largest absolute Gasteiger partial charge is 0.455 e. The van der Waals surface area contributed by atoms with Crippen LogP contribution in [0.25, 0.3) is 89.1 Å². The van der Waals surface area contributed by atoms with Gasteiger partial charge in [-0.15, -0.1) is 0 Å². The number of rotatable bonds is 10. The lowest BCUT2D eigenvalue weighted by molar-refractivity contribution is 0.632. The maximum absolute atomic E-state index is 6.55. The third-order valence-electron chi connectivity index (χ3n) is 12.1. The summed E-state index contributed by atoms with van der Waals surface area (Å²) in [6.45, 7) is 0. The van der Waals surface area contributed by atoms with Gasteiger partial charge < -0.3 is 9.32 Å². The van der Waals surface area contributed by atoms with Crippen LogP contribution in [0.15, 0.2) is 265 Å². The molecule has 302 valence electrons. The van der Waals surface area contributed by atoms with E-state index in [9.17, 15) is 0 Å². The van der Waals surface area contributed by atoms with Gasteiger partial charge in [0, 0.05) is 33.6 Å². The van der Waals surface area contributed by atoms with Gasteiger partial charge in [-0.1, -0.05) is 212 Å². The van der Waals surface area contributed by atoms with E-state index in [0.29, 0.717) is 0 Å². The summed E-state index contributed by atoms with van der Waals surface area (Å²) in [5, 5.41) is 1.12. The third kappa shape index (κ3) is 7.70. The van der Waals surface area contributed by atoms with E-state index in [2.05, 4.69) is 254 Å². The molecule has 0 bridgehead atoms. The fraction of sp³-hybridized carbons (Fsp3) is 0. The summed E-state index contributed by atoms with van der Waals surface area (Å²) in [4.78, 5) is 2.35. The third-order valence-corrected chi connectivity index (χ3v) is 12.1. The molecule has 0 unspecified atom stereocenters. The summed E-state index contributed by atoms with van der Waals surface area (Å²) in [5.74, 6) is 0.886. The smallest absolute Gasteiger partial charge is 0.143 e. The second-order valence-corrected chi connectivity index (χ2v) is 16.1. The van der Waals surface area contributed by atoms with E-state index < -0.39 is 0 Å². The molecule has 0 atom stereocenters. The number of hydrogen-bond acceptors (Lipinski definition) is 2. The van der Waals surface area contributed by atoms with Gasteiger partial charge in [-0.2, -0.15) is 0 Å². The standard InChI is InChI=1S/C62H43NO/c1-4-14-44(15-5-1)46-26-28-47(29-27-46)49-34-38-56(39-35-49)63(58-23-13-21-54(43-58)45-16-6-2-7-17-45)57-40-36-50(37-41-57)48-30-32-51(33-31-48)53-20-12-22-55(42-53)62-61(52-18-8-3-9-19-52)59-24-10-11-25-60(59)64-62/h1-43H. The molecular formula is C62H43NO. The highest BCUT2D eigenvalue weighted by molar-refractivity contribution is 6.02. The topological polar surface area (TPSA) is 16.4 Å². The Morgan fingerprint density at radius 3 is 1.12 bits per heavy atom. The van der Waals surface area contributed by atoms with E-state index in [1.165, 1.54) is 33.4 Å². The molecule has 0 aliphatic rings. The van der Waals surface area contributed by atoms with Gasteiger partial charge in [0.1, 0.15) is 11.3 Å². The van der Waals surface area contributed by atoms with Crippen LogP contribution in [0.3, 0.4) is 0 Å². The van der Waals surface area contributed by atoms with Gasteiger partial charge in [0.2, 0.25) is 0 Å². The van der Waals surface area contributed by atoms with Crippen molar-refractivity contribution < 1.29 is 4.42 Å². The van der Waals surface area contributed by atoms with E-state index in [0.717, 1.165) is 72.7 Å². The molecule has 11 rings (SSSR count). The summed E-state index contributed by atoms with van der Waals surface area (Å²) in [6, 6.07) is 93.0. The number of fused-ring (bicyclic) bond motifs is 1. The van der Waals surface area contributed by atoms with Gasteiger partial charge in [0.05, 0.1) is 0 Å². The van der Waals surface area contributed by atoms with Gasteiger partial charge in [-0.3, -0.25) is 0 Å². The monoisotopic (exact) mass is 817 g/mol. The fourth-order valence-electron chi connectivity index (χ4n) is 8.83. The molecule has 2 heteroatoms. The summed E-state index contributed by atoms with van der Waals surface area (Å²) < 4.78 is 6.55. The van der Waals surface area contributed by atoms with Crippen LogP contribution in [0.1, 0.15) is 0 Å². The minimum atomic E-state index is 0.886. The van der Waals surface area contributed by atoms with Crippen LogP contribution in [0.2, 0.25) is 0 Å². The molecule has 1 heterocycles. The molecule has 0 aliphatic heterocycles. The van der Waals surface area contributed by atoms with E-state index >= 15 is 0 Å². The van der Waals surface area contributed by atoms with Crippen molar-refractivity contribution in [3.8, 4) is 78.1 Å². The summed E-state index contributed by atoms with van der Waals surface area (Å²) >= 11 is 0. The Morgan fingerprint density at radius 1 is 0.234 bits per heavy atom. The minimum absolute atomic E-state index is 0.886. The molecule has 0 N–H and O–H groups in total. The molecule has 1 aromatic heterocycles. The van der Waals surface area contributed by atoms with Gasteiger partial charge in [-0.05, 0) is 110 Å². The summed E-state index contributed by atoms with van der Waals surface area (Å²) in [7, 11) is 0. The first-order valence-corrected chi connectivity index (χ1v) is 21.8. The highest BCUT2D eigenvalue weighted by Gasteiger charge is 2.19. The number of benzene rings is 10. The van der Waals surface area contributed by atoms with E-state index in [4.69, 9.17) is 4.42 Å². The van der Waals surface area contributed by atoms with Crippen molar-refractivity contribution in [2.75, 3.05) is 4.90 Å². The molecule has 2 nitrogen and oxygen atoms in total. The van der Waals surface area contributed by atoms with E-state index in [1.807, 2.05) is 12.1 Å². The number of furan rings is 1. The van der Waals surface area contributed by atoms with Crippen molar-refractivity contribution in [1.29, 1.82) is 0 Å². The van der Waals surface area contributed by atoms with Crippen LogP contribution >= 0.6 is 0 Å². The lowest BCUT2D eigenvalue weighted by Crippen LogP contribution is -2.10. The molecule has 64 heavy (non-hydrogen) atoms. The average molecular weight is 818 g/mol. The predicted octanol–water partition coefficient (Wildman–Crippen LogP) is 17.6. The highest BCUT2D eigenvalue weighted by Crippen LogP contribution is 2.42. The lowest BCUT2D eigenvalue weighted by Gasteiger charge is -2.26. The fourth-order valence-corrected chi connectivity index (χ4v) is 8.83. The first kappa shape index (κ1) is 38.5. The average Bonchev–Trinajstić information content (AvgIpc) is 3.78. The van der Waals surface area contributed by atoms with Crippen molar-refractivity contribution in [1.82, 2.24) is 0 Å². The van der Waals surface area contributed by atoms with Crippen LogP contribution < -0.4 is 4.90 Å². The van der Waals surface area contributed by atoms with Crippen LogP contribution in [-0.4, -0.2) is 0 Å². The molecule has 11 aromatic rings. The van der Waals surface area contributed by atoms with Crippen molar-refractivity contribution in [2.45, 2.75) is 0 Å². The highest BCUT2D eigenvalue weighted by atomic mass is 16.3. The van der Waals surface area contributed by atoms with Crippen molar-refractivity contribution in [3.63, 3.8) is 0 Å². The number of nitrogens with zero attached hydrogens (tertiary/aromatic N) is 1. The Hall–Kier alpha value is -8.46. The summed E-state index contributed by atoms with van der Waals surface area (Å²) in [5.41, 5.74) is 19.3. The molecule has 0 radical (unpaired) electrons. The molecule has 0 amide bonds. The molecule has 0 saturated heterocycles. The van der Waals surface area contributed by atoms with Gasteiger partial charge in [0.15, 0.2) is 0 Å². The maximum atomic E-state index is 6.55. The van der Waals surface area contributed by atoms with Crippen molar-refractivity contribution >= 4 is 28.0 Å². The second kappa shape index (κ2) is 17.1. The van der Waals surface area contributed by atoms with Gasteiger partial charge in [0.25, 0.3) is 0 Å². The van der Waals surface area contributed by atoms with Crippen molar-refractivity contribution in [2.24, 2.45) is 0 Å². The predicted molar refractivity (Wildman–Crippen MR) is 269 cm³/mol. The maximum Gasteiger partial charge on any atom is 0.143 e. The van der Waals surface area contributed by atoms with E-state index in [-0.39, 0.29) is 0 Å². The first-order valence-electron chi connectivity index (χ1n) is 21.8. The molecule has 0 saturated carbocycles. The zero-order valence-corrected chi connectivity index (χ0v) is 35.2. The Morgan fingerprint density at radius 2 is 0.594 bits per heavy atom. The molecule has 0 aliphatic carbocycles. The van der Waals surface area contributed by atoms with Crippen molar-refractivity contribution in [3.05, 3.63) is 261 Å². The SMILES string of the molecule is c1ccc(-c2ccc(-c3ccc(N(c4ccc(-c5ccc(-c6cccc(-c7oc8ccccc8c7-c7ccccc7)c6)cc5)cc4)c4cccc(-c5ccccc5)c4)cc3)cc2)cc1.